The van der Waals surface area contributed by atoms with E-state index in [4.69, 9.17) is 21.0 Å². The van der Waals surface area contributed by atoms with E-state index in [2.05, 4.69) is 5.32 Å². The zero-order valence-electron chi connectivity index (χ0n) is 17.7. The molecule has 3 aromatic carbocycles. The first-order valence-corrected chi connectivity index (χ1v) is 11.6. The molecule has 6 heteroatoms. The third-order valence-electron chi connectivity index (χ3n) is 5.19. The number of hydrogen-bond donors (Lipinski definition) is 1. The van der Waals surface area contributed by atoms with Gasteiger partial charge in [-0.2, -0.15) is 0 Å². The van der Waals surface area contributed by atoms with Crippen LogP contribution >= 0.6 is 22.9 Å². The predicted octanol–water partition coefficient (Wildman–Crippen LogP) is 7.84. The minimum absolute atomic E-state index is 0.250. The first kappa shape index (κ1) is 21.2. The van der Waals surface area contributed by atoms with Gasteiger partial charge in [0.25, 0.3) is 0 Å². The van der Waals surface area contributed by atoms with Crippen LogP contribution in [0.5, 0.6) is 0 Å². The zero-order chi connectivity index (χ0) is 22.8. The van der Waals surface area contributed by atoms with Crippen LogP contribution in [-0.2, 0) is 4.79 Å². The molecule has 0 aliphatic rings. The smallest absolute Gasteiger partial charge is 0.248 e. The zero-order valence-corrected chi connectivity index (χ0v) is 19.3. The summed E-state index contributed by atoms with van der Waals surface area (Å²) in [4.78, 5) is 17.3. The number of rotatable bonds is 5. The molecule has 4 nitrogen and oxygen atoms in total. The Morgan fingerprint density at radius 3 is 2.70 bits per heavy atom. The number of amides is 1. The Kier molecular flexibility index (Phi) is 5.82. The number of benzene rings is 3. The fourth-order valence-corrected chi connectivity index (χ4v) is 4.63. The minimum Gasteiger partial charge on any atom is -0.457 e. The molecule has 5 aromatic rings. The average Bonchev–Trinajstić information content (AvgIpc) is 3.47. The molecule has 0 saturated carbocycles. The summed E-state index contributed by atoms with van der Waals surface area (Å²) in [6, 6.07) is 25.1. The molecule has 1 N–H and O–H groups in total. The SMILES string of the molecule is Cc1ccc(-c2ccc(/C=C/C(=O)Nc3ccccc3-c3nc4ccccc4s3)o2)cc1Cl. The molecule has 0 saturated heterocycles. The van der Waals surface area contributed by atoms with Gasteiger partial charge in [-0.3, -0.25) is 4.79 Å². The maximum Gasteiger partial charge on any atom is 0.248 e. The maximum atomic E-state index is 12.6. The average molecular weight is 471 g/mol. The van der Waals surface area contributed by atoms with E-state index in [1.165, 1.54) is 6.08 Å². The van der Waals surface area contributed by atoms with E-state index < -0.39 is 0 Å². The van der Waals surface area contributed by atoms with Crippen LogP contribution in [0.15, 0.2) is 89.4 Å². The standard InChI is InChI=1S/C27H19ClN2O2S/c1-17-10-11-18(16-21(17)28)24-14-12-19(32-24)13-15-26(31)29-22-7-3-2-6-20(22)27-30-23-8-4-5-9-25(23)33-27/h2-16H,1H3,(H,29,31)/b15-13+. The topological polar surface area (TPSA) is 55.1 Å². The molecule has 1 amide bonds. The molecule has 0 aliphatic carbocycles. The summed E-state index contributed by atoms with van der Waals surface area (Å²) in [5, 5.41) is 4.51. The Morgan fingerprint density at radius 2 is 1.85 bits per heavy atom. The Labute approximate surface area is 200 Å². The van der Waals surface area contributed by atoms with Gasteiger partial charge in [0.15, 0.2) is 0 Å². The molecule has 2 heterocycles. The lowest BCUT2D eigenvalue weighted by Gasteiger charge is -2.07. The number of nitrogens with zero attached hydrogens (tertiary/aromatic N) is 1. The van der Waals surface area contributed by atoms with Crippen LogP contribution in [0.2, 0.25) is 5.02 Å². The van der Waals surface area contributed by atoms with Crippen molar-refractivity contribution in [2.45, 2.75) is 6.92 Å². The Morgan fingerprint density at radius 1 is 1.03 bits per heavy atom. The lowest BCUT2D eigenvalue weighted by molar-refractivity contribution is -0.111. The molecule has 0 aliphatic heterocycles. The van der Waals surface area contributed by atoms with E-state index in [0.29, 0.717) is 22.2 Å². The number of nitrogens with one attached hydrogen (secondary N) is 1. The van der Waals surface area contributed by atoms with E-state index in [0.717, 1.165) is 31.9 Å². The molecule has 33 heavy (non-hydrogen) atoms. The minimum atomic E-state index is -0.250. The summed E-state index contributed by atoms with van der Waals surface area (Å²) in [6.45, 7) is 1.95. The first-order chi connectivity index (χ1) is 16.1. The Bertz CT molecular complexity index is 1470. The number of halogens is 1. The molecule has 162 valence electrons. The molecule has 0 spiro atoms. The Hall–Kier alpha value is -3.67. The van der Waals surface area contributed by atoms with Crippen molar-refractivity contribution >= 4 is 50.8 Å². The number of anilines is 1. The van der Waals surface area contributed by atoms with E-state index in [-0.39, 0.29) is 5.91 Å². The largest absolute Gasteiger partial charge is 0.457 e. The number of aromatic nitrogens is 1. The van der Waals surface area contributed by atoms with Crippen molar-refractivity contribution in [3.8, 4) is 21.9 Å². The van der Waals surface area contributed by atoms with Gasteiger partial charge in [0.1, 0.15) is 16.5 Å². The van der Waals surface area contributed by atoms with Crippen molar-refractivity contribution in [3.05, 3.63) is 101 Å². The van der Waals surface area contributed by atoms with E-state index in [1.807, 2.05) is 85.8 Å². The van der Waals surface area contributed by atoms with Crippen molar-refractivity contribution in [2.75, 3.05) is 5.32 Å². The molecule has 0 atom stereocenters. The number of para-hydroxylation sites is 2. The van der Waals surface area contributed by atoms with Crippen molar-refractivity contribution in [2.24, 2.45) is 0 Å². The summed E-state index contributed by atoms with van der Waals surface area (Å²) in [7, 11) is 0. The number of hydrogen-bond acceptors (Lipinski definition) is 4. The van der Waals surface area contributed by atoms with Gasteiger partial charge in [0.05, 0.1) is 15.9 Å². The van der Waals surface area contributed by atoms with E-state index in [9.17, 15) is 4.79 Å². The quantitative estimate of drug-likeness (QED) is 0.266. The lowest BCUT2D eigenvalue weighted by atomic mass is 10.1. The van der Waals surface area contributed by atoms with Crippen molar-refractivity contribution in [3.63, 3.8) is 0 Å². The molecule has 5 rings (SSSR count). The van der Waals surface area contributed by atoms with E-state index in [1.54, 1.807) is 17.4 Å². The monoisotopic (exact) mass is 470 g/mol. The van der Waals surface area contributed by atoms with Gasteiger partial charge in [-0.05, 0) is 61.0 Å². The van der Waals surface area contributed by atoms with E-state index >= 15 is 0 Å². The van der Waals surface area contributed by atoms with Crippen LogP contribution in [0.4, 0.5) is 5.69 Å². The van der Waals surface area contributed by atoms with Gasteiger partial charge >= 0.3 is 0 Å². The second kappa shape index (κ2) is 9.06. The molecule has 2 aromatic heterocycles. The predicted molar refractivity (Wildman–Crippen MR) is 137 cm³/mol. The van der Waals surface area contributed by atoms with Crippen LogP contribution in [0, 0.1) is 6.92 Å². The van der Waals surface area contributed by atoms with Crippen molar-refractivity contribution in [1.29, 1.82) is 0 Å². The highest BCUT2D eigenvalue weighted by atomic mass is 35.5. The van der Waals surface area contributed by atoms with Gasteiger partial charge in [-0.25, -0.2) is 4.98 Å². The number of furan rings is 1. The molecule has 0 fully saturated rings. The molecule has 0 bridgehead atoms. The second-order valence-electron chi connectivity index (χ2n) is 7.52. The molecular formula is C27H19ClN2O2S. The number of fused-ring (bicyclic) bond motifs is 1. The van der Waals surface area contributed by atoms with Gasteiger partial charge in [0, 0.05) is 22.2 Å². The van der Waals surface area contributed by atoms with Gasteiger partial charge in [-0.15, -0.1) is 11.3 Å². The summed E-state index contributed by atoms with van der Waals surface area (Å²) >= 11 is 7.82. The highest BCUT2D eigenvalue weighted by Crippen LogP contribution is 2.34. The molecular weight excluding hydrogens is 452 g/mol. The van der Waals surface area contributed by atoms with Crippen molar-refractivity contribution in [1.82, 2.24) is 4.98 Å². The first-order valence-electron chi connectivity index (χ1n) is 10.4. The summed E-state index contributed by atoms with van der Waals surface area (Å²) in [5.74, 6) is 1.02. The normalized spacial score (nSPS) is 11.3. The lowest BCUT2D eigenvalue weighted by Crippen LogP contribution is -2.08. The van der Waals surface area contributed by atoms with Crippen LogP contribution in [0.3, 0.4) is 0 Å². The van der Waals surface area contributed by atoms with Crippen LogP contribution in [-0.4, -0.2) is 10.9 Å². The van der Waals surface area contributed by atoms with Gasteiger partial charge < -0.3 is 9.73 Å². The van der Waals surface area contributed by atoms with Crippen LogP contribution < -0.4 is 5.32 Å². The number of carbonyl (C=O) groups excluding carboxylic acids is 1. The highest BCUT2D eigenvalue weighted by molar-refractivity contribution is 7.21. The fourth-order valence-electron chi connectivity index (χ4n) is 3.44. The maximum absolute atomic E-state index is 12.6. The summed E-state index contributed by atoms with van der Waals surface area (Å²) in [5.41, 5.74) is 4.44. The van der Waals surface area contributed by atoms with Crippen LogP contribution in [0.25, 0.3) is 38.2 Å². The fraction of sp³-hybridized carbons (Fsp3) is 0.0370. The third-order valence-corrected chi connectivity index (χ3v) is 6.67. The summed E-state index contributed by atoms with van der Waals surface area (Å²) in [6.07, 6.45) is 3.11. The second-order valence-corrected chi connectivity index (χ2v) is 8.96. The Balaban J connectivity index is 1.33. The summed E-state index contributed by atoms with van der Waals surface area (Å²) < 4.78 is 6.97. The van der Waals surface area contributed by atoms with Gasteiger partial charge in [-0.1, -0.05) is 48.0 Å². The molecule has 0 radical (unpaired) electrons. The number of carbonyl (C=O) groups is 1. The van der Waals surface area contributed by atoms with Crippen LogP contribution in [0.1, 0.15) is 11.3 Å². The third kappa shape index (κ3) is 4.60. The van der Waals surface area contributed by atoms with Crippen molar-refractivity contribution < 1.29 is 9.21 Å². The number of aryl methyl sites for hydroxylation is 1. The highest BCUT2D eigenvalue weighted by Gasteiger charge is 2.12. The molecule has 0 unspecified atom stereocenters. The van der Waals surface area contributed by atoms with Gasteiger partial charge in [0.2, 0.25) is 5.91 Å². The number of thiazole rings is 1.